The molecule has 1 saturated carbocycles. The van der Waals surface area contributed by atoms with Gasteiger partial charge in [0.1, 0.15) is 0 Å². The summed E-state index contributed by atoms with van der Waals surface area (Å²) in [5.41, 5.74) is 0.845. The minimum absolute atomic E-state index is 0.0681. The molecule has 1 saturated heterocycles. The number of nitrogens with one attached hydrogen (secondary N) is 1. The molecule has 0 spiro atoms. The molecule has 0 bridgehead atoms. The zero-order valence-electron chi connectivity index (χ0n) is 12.1. The van der Waals surface area contributed by atoms with Crippen molar-refractivity contribution in [3.8, 4) is 0 Å². The van der Waals surface area contributed by atoms with E-state index >= 15 is 0 Å². The van der Waals surface area contributed by atoms with Crippen molar-refractivity contribution in [2.45, 2.75) is 17.9 Å². The maximum atomic E-state index is 12.6. The molecule has 2 fully saturated rings. The molecular formula is C15H17ClN2O3S. The fourth-order valence-corrected chi connectivity index (χ4v) is 4.79. The van der Waals surface area contributed by atoms with E-state index in [1.165, 1.54) is 16.4 Å². The predicted molar refractivity (Wildman–Crippen MR) is 84.1 cm³/mol. The number of nitrogens with zero attached hydrogens (tertiary/aromatic N) is 1. The lowest BCUT2D eigenvalue weighted by molar-refractivity contribution is -0.116. The summed E-state index contributed by atoms with van der Waals surface area (Å²) < 4.78 is 26.7. The first-order valence-corrected chi connectivity index (χ1v) is 8.85. The molecule has 2 atom stereocenters. The molecule has 5 nitrogen and oxygen atoms in total. The highest BCUT2D eigenvalue weighted by Crippen LogP contribution is 2.47. The number of rotatable bonds is 4. The summed E-state index contributed by atoms with van der Waals surface area (Å²) in [5.74, 6) is 0.179. The van der Waals surface area contributed by atoms with E-state index in [-0.39, 0.29) is 28.7 Å². The van der Waals surface area contributed by atoms with Crippen LogP contribution in [-0.2, 0) is 14.8 Å². The molecule has 1 aliphatic heterocycles. The van der Waals surface area contributed by atoms with Gasteiger partial charge in [-0.05, 0) is 42.5 Å². The van der Waals surface area contributed by atoms with E-state index in [4.69, 9.17) is 11.6 Å². The van der Waals surface area contributed by atoms with Gasteiger partial charge in [0.05, 0.1) is 4.90 Å². The molecule has 1 N–H and O–H groups in total. The Morgan fingerprint density at radius 2 is 2.05 bits per heavy atom. The molecular weight excluding hydrogens is 324 g/mol. The maximum absolute atomic E-state index is 12.6. The third kappa shape index (κ3) is 2.55. The van der Waals surface area contributed by atoms with Gasteiger partial charge in [0, 0.05) is 24.2 Å². The van der Waals surface area contributed by atoms with Crippen LogP contribution in [0.5, 0.6) is 0 Å². The third-order valence-electron chi connectivity index (χ3n) is 4.44. The van der Waals surface area contributed by atoms with Gasteiger partial charge in [-0.2, -0.15) is 4.31 Å². The number of amides is 1. The van der Waals surface area contributed by atoms with Gasteiger partial charge in [-0.15, -0.1) is 0 Å². The first kappa shape index (κ1) is 15.5. The molecule has 0 radical (unpaired) electrons. The predicted octanol–water partition coefficient (Wildman–Crippen LogP) is 1.57. The summed E-state index contributed by atoms with van der Waals surface area (Å²) in [5, 5.41) is 3.28. The second kappa shape index (κ2) is 5.37. The van der Waals surface area contributed by atoms with E-state index in [1.54, 1.807) is 12.1 Å². The van der Waals surface area contributed by atoms with Crippen LogP contribution in [0.1, 0.15) is 5.56 Å². The van der Waals surface area contributed by atoms with Gasteiger partial charge >= 0.3 is 0 Å². The lowest BCUT2D eigenvalue weighted by Gasteiger charge is -2.20. The number of hydrogen-bond acceptors (Lipinski definition) is 3. The number of hydrogen-bond donors (Lipinski definition) is 1. The molecule has 118 valence electrons. The van der Waals surface area contributed by atoms with Crippen LogP contribution in [0.3, 0.4) is 0 Å². The van der Waals surface area contributed by atoms with E-state index in [9.17, 15) is 13.2 Å². The third-order valence-corrected chi connectivity index (χ3v) is 6.67. The molecule has 7 heteroatoms. The van der Waals surface area contributed by atoms with Crippen molar-refractivity contribution in [3.63, 3.8) is 0 Å². The van der Waals surface area contributed by atoms with Crippen LogP contribution in [0.25, 0.3) is 0 Å². The summed E-state index contributed by atoms with van der Waals surface area (Å²) >= 11 is 6.02. The van der Waals surface area contributed by atoms with Crippen molar-refractivity contribution in [2.24, 2.45) is 11.8 Å². The van der Waals surface area contributed by atoms with Gasteiger partial charge in [-0.25, -0.2) is 8.42 Å². The molecule has 1 heterocycles. The minimum Gasteiger partial charge on any atom is -0.349 e. The first-order chi connectivity index (χ1) is 10.3. The molecule has 1 aromatic carbocycles. The Bertz CT molecular complexity index is 735. The quantitative estimate of drug-likeness (QED) is 0.846. The number of halogens is 1. The van der Waals surface area contributed by atoms with E-state index in [2.05, 4.69) is 11.9 Å². The highest BCUT2D eigenvalue weighted by molar-refractivity contribution is 7.89. The van der Waals surface area contributed by atoms with Crippen LogP contribution >= 0.6 is 11.6 Å². The van der Waals surface area contributed by atoms with E-state index in [1.807, 2.05) is 6.92 Å². The number of carbonyl (C=O) groups excluding carboxylic acids is 1. The molecule has 22 heavy (non-hydrogen) atoms. The van der Waals surface area contributed by atoms with Crippen LogP contribution in [0, 0.1) is 18.8 Å². The largest absolute Gasteiger partial charge is 0.349 e. The van der Waals surface area contributed by atoms with E-state index in [0.717, 1.165) is 5.56 Å². The Kier molecular flexibility index (Phi) is 3.79. The Morgan fingerprint density at radius 3 is 2.59 bits per heavy atom. The van der Waals surface area contributed by atoms with Crippen molar-refractivity contribution < 1.29 is 13.2 Å². The monoisotopic (exact) mass is 340 g/mol. The van der Waals surface area contributed by atoms with Crippen LogP contribution in [0.4, 0.5) is 0 Å². The van der Waals surface area contributed by atoms with Crippen molar-refractivity contribution in [1.82, 2.24) is 9.62 Å². The van der Waals surface area contributed by atoms with Gasteiger partial charge in [-0.3, -0.25) is 4.79 Å². The Labute approximate surface area is 135 Å². The van der Waals surface area contributed by atoms with Crippen molar-refractivity contribution >= 4 is 27.5 Å². The molecule has 1 aromatic rings. The SMILES string of the molecule is C=CC(=O)NC1C2CN(S(=O)(=O)c3ccc(C)c(Cl)c3)CC21. The first-order valence-electron chi connectivity index (χ1n) is 7.04. The second-order valence-electron chi connectivity index (χ2n) is 5.80. The van der Waals surface area contributed by atoms with Crippen molar-refractivity contribution in [3.05, 3.63) is 41.4 Å². The molecule has 2 aliphatic rings. The molecule has 1 aliphatic carbocycles. The van der Waals surface area contributed by atoms with E-state index < -0.39 is 10.0 Å². The number of sulfonamides is 1. The van der Waals surface area contributed by atoms with Crippen LogP contribution in [0.15, 0.2) is 35.7 Å². The van der Waals surface area contributed by atoms with E-state index in [0.29, 0.717) is 18.1 Å². The Morgan fingerprint density at radius 1 is 1.41 bits per heavy atom. The van der Waals surface area contributed by atoms with Gasteiger partial charge in [0.25, 0.3) is 0 Å². The number of carbonyl (C=O) groups is 1. The Balaban J connectivity index is 1.71. The number of aryl methyl sites for hydroxylation is 1. The van der Waals surface area contributed by atoms with Crippen LogP contribution in [0.2, 0.25) is 5.02 Å². The zero-order valence-corrected chi connectivity index (χ0v) is 13.7. The average molecular weight is 341 g/mol. The van der Waals surface area contributed by atoms with Crippen LogP contribution in [-0.4, -0.2) is 37.8 Å². The zero-order chi connectivity index (χ0) is 16.1. The fraction of sp³-hybridized carbons (Fsp3) is 0.400. The summed E-state index contributed by atoms with van der Waals surface area (Å²) in [4.78, 5) is 11.5. The summed E-state index contributed by atoms with van der Waals surface area (Å²) in [6.45, 7) is 6.11. The fourth-order valence-electron chi connectivity index (χ4n) is 3.00. The number of piperidine rings is 1. The standard InChI is InChI=1S/C15H17ClN2O3S/c1-3-14(19)17-15-11-7-18(8-12(11)15)22(20,21)10-5-4-9(2)13(16)6-10/h3-6,11-12,15H,1,7-8H2,2H3,(H,17,19). The summed E-state index contributed by atoms with van der Waals surface area (Å²) in [6, 6.07) is 4.85. The molecule has 1 amide bonds. The average Bonchev–Trinajstić information content (AvgIpc) is 2.92. The molecule has 3 rings (SSSR count). The molecule has 2 unspecified atom stereocenters. The second-order valence-corrected chi connectivity index (χ2v) is 8.14. The lowest BCUT2D eigenvalue weighted by atomic mass is 10.2. The maximum Gasteiger partial charge on any atom is 0.243 e. The molecule has 0 aromatic heterocycles. The summed E-state index contributed by atoms with van der Waals surface area (Å²) in [7, 11) is -3.52. The van der Waals surface area contributed by atoms with Gasteiger partial charge in [0.2, 0.25) is 15.9 Å². The van der Waals surface area contributed by atoms with Crippen molar-refractivity contribution in [1.29, 1.82) is 0 Å². The topological polar surface area (TPSA) is 66.5 Å². The highest BCUT2D eigenvalue weighted by atomic mass is 35.5. The Hall–Kier alpha value is -1.37. The number of fused-ring (bicyclic) bond motifs is 1. The minimum atomic E-state index is -3.52. The highest BCUT2D eigenvalue weighted by Gasteiger charge is 2.58. The summed E-state index contributed by atoms with van der Waals surface area (Å²) in [6.07, 6.45) is 1.23. The lowest BCUT2D eigenvalue weighted by Crippen LogP contribution is -2.36. The normalized spacial score (nSPS) is 27.3. The van der Waals surface area contributed by atoms with Gasteiger partial charge in [-0.1, -0.05) is 24.2 Å². The number of benzene rings is 1. The van der Waals surface area contributed by atoms with Gasteiger partial charge < -0.3 is 5.32 Å². The van der Waals surface area contributed by atoms with Crippen molar-refractivity contribution in [2.75, 3.05) is 13.1 Å². The van der Waals surface area contributed by atoms with Gasteiger partial charge in [0.15, 0.2) is 0 Å². The smallest absolute Gasteiger partial charge is 0.243 e. The van der Waals surface area contributed by atoms with Crippen LogP contribution < -0.4 is 5.32 Å².